The van der Waals surface area contributed by atoms with Crippen LogP contribution in [-0.2, 0) is 17.6 Å². The Kier molecular flexibility index (Phi) is 7.20. The van der Waals surface area contributed by atoms with Crippen molar-refractivity contribution in [1.29, 1.82) is 0 Å². The molecule has 1 heterocycles. The fourth-order valence-electron chi connectivity index (χ4n) is 3.16. The molecule has 2 N–H and O–H groups in total. The third-order valence-corrected chi connectivity index (χ3v) is 5.69. The molecule has 3 aromatic rings. The molecule has 2 amide bonds. The normalized spacial score (nSPS) is 11.2. The van der Waals surface area contributed by atoms with E-state index in [0.717, 1.165) is 40.1 Å². The highest BCUT2D eigenvalue weighted by Crippen LogP contribution is 2.23. The predicted octanol–water partition coefficient (Wildman–Crippen LogP) is 5.59. The van der Waals surface area contributed by atoms with Crippen LogP contribution in [0.3, 0.4) is 0 Å². The number of benzene rings is 2. The van der Waals surface area contributed by atoms with Crippen molar-refractivity contribution in [2.45, 2.75) is 33.6 Å². The second-order valence-corrected chi connectivity index (χ2v) is 7.99. The number of nitrogens with one attached hydrogen (secondary N) is 2. The van der Waals surface area contributed by atoms with Crippen LogP contribution in [-0.4, -0.2) is 11.8 Å². The van der Waals surface area contributed by atoms with E-state index in [1.54, 1.807) is 18.2 Å². The van der Waals surface area contributed by atoms with Gasteiger partial charge < -0.3 is 10.6 Å². The van der Waals surface area contributed by atoms with E-state index in [0.29, 0.717) is 5.56 Å². The molecule has 0 spiro atoms. The number of hydrogen-bond donors (Lipinski definition) is 2. The summed E-state index contributed by atoms with van der Waals surface area (Å²) in [5.41, 5.74) is 4.77. The molecule has 0 fully saturated rings. The molecule has 0 unspecified atom stereocenters. The van der Waals surface area contributed by atoms with Gasteiger partial charge in [0.1, 0.15) is 5.70 Å². The van der Waals surface area contributed by atoms with Gasteiger partial charge in [0, 0.05) is 16.1 Å². The van der Waals surface area contributed by atoms with Crippen LogP contribution in [0.25, 0.3) is 6.08 Å². The zero-order valence-electron chi connectivity index (χ0n) is 17.5. The predicted molar refractivity (Wildman–Crippen MR) is 125 cm³/mol. The van der Waals surface area contributed by atoms with E-state index in [4.69, 9.17) is 0 Å². The second-order valence-electron chi connectivity index (χ2n) is 7.01. The first-order valence-corrected chi connectivity index (χ1v) is 10.9. The van der Waals surface area contributed by atoms with Crippen LogP contribution in [0.4, 0.5) is 5.69 Å². The molecule has 0 radical (unpaired) electrons. The molecule has 0 aliphatic rings. The Morgan fingerprint density at radius 2 is 1.60 bits per heavy atom. The smallest absolute Gasteiger partial charge is 0.272 e. The fourth-order valence-corrected chi connectivity index (χ4v) is 3.81. The molecular weight excluding hydrogens is 392 g/mol. The zero-order chi connectivity index (χ0) is 21.5. The van der Waals surface area contributed by atoms with Crippen molar-refractivity contribution in [2.24, 2.45) is 0 Å². The van der Waals surface area contributed by atoms with E-state index in [1.165, 1.54) is 11.3 Å². The highest BCUT2D eigenvalue weighted by molar-refractivity contribution is 7.10. The zero-order valence-corrected chi connectivity index (χ0v) is 18.3. The summed E-state index contributed by atoms with van der Waals surface area (Å²) in [5.74, 6) is -0.646. The lowest BCUT2D eigenvalue weighted by Gasteiger charge is -2.16. The van der Waals surface area contributed by atoms with Gasteiger partial charge in [-0.3, -0.25) is 9.59 Å². The number of amides is 2. The minimum absolute atomic E-state index is 0.219. The number of carbonyl (C=O) groups excluding carboxylic acids is 2. The molecule has 5 heteroatoms. The minimum atomic E-state index is -0.334. The van der Waals surface area contributed by atoms with Crippen LogP contribution in [0, 0.1) is 6.92 Å². The van der Waals surface area contributed by atoms with Gasteiger partial charge in [-0.15, -0.1) is 11.3 Å². The number of para-hydroxylation sites is 1. The van der Waals surface area contributed by atoms with Crippen molar-refractivity contribution in [1.82, 2.24) is 5.32 Å². The molecule has 4 nitrogen and oxygen atoms in total. The molecule has 3 rings (SSSR count). The van der Waals surface area contributed by atoms with Gasteiger partial charge in [-0.1, -0.05) is 55.8 Å². The number of hydrogen-bond acceptors (Lipinski definition) is 3. The summed E-state index contributed by atoms with van der Waals surface area (Å²) in [5, 5.41) is 7.78. The van der Waals surface area contributed by atoms with Crippen molar-refractivity contribution >= 4 is 34.9 Å². The molecule has 1 aromatic heterocycles. The first-order valence-electron chi connectivity index (χ1n) is 10.1. The van der Waals surface area contributed by atoms with E-state index in [9.17, 15) is 9.59 Å². The molecule has 154 valence electrons. The van der Waals surface area contributed by atoms with E-state index in [1.807, 2.05) is 54.8 Å². The standard InChI is InChI=1S/C25H26N2O2S/c1-4-18-8-6-9-19(5-2)23(18)27-25(29)22(16-21-10-7-15-30-21)26-24(28)20-13-11-17(3)12-14-20/h6-16H,4-5H2,1-3H3,(H,26,28)(H,27,29)/b22-16-. The number of carbonyl (C=O) groups is 2. The molecule has 0 atom stereocenters. The van der Waals surface area contributed by atoms with Gasteiger partial charge >= 0.3 is 0 Å². The quantitative estimate of drug-likeness (QED) is 0.491. The molecule has 0 saturated heterocycles. The summed E-state index contributed by atoms with van der Waals surface area (Å²) in [6, 6.07) is 17.1. The van der Waals surface area contributed by atoms with E-state index >= 15 is 0 Å². The maximum Gasteiger partial charge on any atom is 0.272 e. The molecule has 0 aliphatic carbocycles. The lowest BCUT2D eigenvalue weighted by atomic mass is 10.0. The first-order chi connectivity index (χ1) is 14.5. The summed E-state index contributed by atoms with van der Waals surface area (Å²) in [6.07, 6.45) is 3.33. The molecular formula is C25H26N2O2S. The molecule has 2 aromatic carbocycles. The maximum atomic E-state index is 13.2. The second kappa shape index (κ2) is 10.0. The molecule has 0 bridgehead atoms. The minimum Gasteiger partial charge on any atom is -0.320 e. The summed E-state index contributed by atoms with van der Waals surface area (Å²) < 4.78 is 0. The third kappa shape index (κ3) is 5.24. The van der Waals surface area contributed by atoms with Crippen molar-refractivity contribution in [3.8, 4) is 0 Å². The first kappa shape index (κ1) is 21.5. The summed E-state index contributed by atoms with van der Waals surface area (Å²) >= 11 is 1.51. The average Bonchev–Trinajstić information content (AvgIpc) is 3.27. The summed E-state index contributed by atoms with van der Waals surface area (Å²) in [7, 11) is 0. The van der Waals surface area contributed by atoms with Crippen molar-refractivity contribution in [3.05, 3.63) is 92.8 Å². The molecule has 30 heavy (non-hydrogen) atoms. The third-order valence-electron chi connectivity index (χ3n) is 4.87. The number of thiophene rings is 1. The highest BCUT2D eigenvalue weighted by Gasteiger charge is 2.17. The number of rotatable bonds is 7. The van der Waals surface area contributed by atoms with Crippen LogP contribution in [0.15, 0.2) is 65.7 Å². The van der Waals surface area contributed by atoms with Crippen LogP contribution >= 0.6 is 11.3 Å². The Balaban J connectivity index is 1.90. The van der Waals surface area contributed by atoms with Gasteiger partial charge in [-0.05, 0) is 60.5 Å². The van der Waals surface area contributed by atoms with Crippen LogP contribution in [0.5, 0.6) is 0 Å². The Labute approximate surface area is 181 Å². The van der Waals surface area contributed by atoms with Crippen molar-refractivity contribution in [2.75, 3.05) is 5.32 Å². The Morgan fingerprint density at radius 1 is 0.933 bits per heavy atom. The Bertz CT molecular complexity index is 1030. The van der Waals surface area contributed by atoms with Crippen molar-refractivity contribution < 1.29 is 9.59 Å². The average molecular weight is 419 g/mol. The van der Waals surface area contributed by atoms with Gasteiger partial charge in [-0.2, -0.15) is 0 Å². The van der Waals surface area contributed by atoms with Crippen LogP contribution in [0.1, 0.15) is 45.8 Å². The summed E-state index contributed by atoms with van der Waals surface area (Å²) in [4.78, 5) is 26.9. The SMILES string of the molecule is CCc1cccc(CC)c1NC(=O)/C(=C/c1cccs1)NC(=O)c1ccc(C)cc1. The highest BCUT2D eigenvalue weighted by atomic mass is 32.1. The maximum absolute atomic E-state index is 13.2. The molecule has 0 saturated carbocycles. The summed E-state index contributed by atoms with van der Waals surface area (Å²) in [6.45, 7) is 6.09. The van der Waals surface area contributed by atoms with Crippen molar-refractivity contribution in [3.63, 3.8) is 0 Å². The number of aryl methyl sites for hydroxylation is 3. The molecule has 0 aliphatic heterocycles. The van der Waals surface area contributed by atoms with Crippen LogP contribution < -0.4 is 10.6 Å². The van der Waals surface area contributed by atoms with E-state index in [2.05, 4.69) is 24.5 Å². The fraction of sp³-hybridized carbons (Fsp3) is 0.200. The monoisotopic (exact) mass is 418 g/mol. The number of anilines is 1. The van der Waals surface area contributed by atoms with Gasteiger partial charge in [0.25, 0.3) is 11.8 Å². The van der Waals surface area contributed by atoms with E-state index in [-0.39, 0.29) is 17.5 Å². The van der Waals surface area contributed by atoms with Gasteiger partial charge in [-0.25, -0.2) is 0 Å². The lowest BCUT2D eigenvalue weighted by molar-refractivity contribution is -0.113. The van der Waals surface area contributed by atoms with E-state index < -0.39 is 0 Å². The van der Waals surface area contributed by atoms with Gasteiger partial charge in [0.15, 0.2) is 0 Å². The lowest BCUT2D eigenvalue weighted by Crippen LogP contribution is -2.31. The Hall–Kier alpha value is -3.18. The largest absolute Gasteiger partial charge is 0.320 e. The van der Waals surface area contributed by atoms with Crippen LogP contribution in [0.2, 0.25) is 0 Å². The topological polar surface area (TPSA) is 58.2 Å². The van der Waals surface area contributed by atoms with Gasteiger partial charge in [0.05, 0.1) is 0 Å². The van der Waals surface area contributed by atoms with Gasteiger partial charge in [0.2, 0.25) is 0 Å². The Morgan fingerprint density at radius 3 is 2.17 bits per heavy atom.